The van der Waals surface area contributed by atoms with E-state index in [9.17, 15) is 18.0 Å². The van der Waals surface area contributed by atoms with Gasteiger partial charge in [-0.25, -0.2) is 9.59 Å². The summed E-state index contributed by atoms with van der Waals surface area (Å²) in [6, 6.07) is 0. The van der Waals surface area contributed by atoms with Gasteiger partial charge in [-0.3, -0.25) is 9.08 Å². The molecule has 0 fully saturated rings. The lowest BCUT2D eigenvalue weighted by molar-refractivity contribution is -0.133. The topological polar surface area (TPSA) is 110 Å². The Balaban J connectivity index is 2.89. The fourth-order valence-corrected chi connectivity index (χ4v) is 2.10. The van der Waals surface area contributed by atoms with Crippen LogP contribution in [-0.4, -0.2) is 55.0 Å². The molecule has 0 radical (unpaired) electrons. The molecule has 0 aromatic rings. The number of hydrogen-bond acceptors (Lipinski definition) is 6. The molecule has 20 heavy (non-hydrogen) atoms. The molecule has 1 rings (SSSR count). The molecule has 0 aromatic carbocycles. The molecule has 114 valence electrons. The molecule has 1 aliphatic rings. The first-order chi connectivity index (χ1) is 8.89. The number of aliphatic carboxylic acids is 1. The third-order valence-corrected chi connectivity index (χ3v) is 2.75. The van der Waals surface area contributed by atoms with E-state index in [2.05, 4.69) is 4.18 Å². The van der Waals surface area contributed by atoms with Crippen LogP contribution in [0.5, 0.6) is 0 Å². The molecule has 0 aliphatic carbocycles. The number of carbonyl (C=O) groups excluding carboxylic acids is 1. The Morgan fingerprint density at radius 1 is 1.40 bits per heavy atom. The first-order valence-corrected chi connectivity index (χ1v) is 7.53. The van der Waals surface area contributed by atoms with Gasteiger partial charge in [0.1, 0.15) is 11.7 Å². The molecule has 1 heterocycles. The van der Waals surface area contributed by atoms with Crippen molar-refractivity contribution in [2.75, 3.05) is 12.8 Å². The number of carbonyl (C=O) groups is 2. The molecule has 1 amide bonds. The lowest BCUT2D eigenvalue weighted by atomic mass is 10.2. The van der Waals surface area contributed by atoms with Crippen LogP contribution in [0.3, 0.4) is 0 Å². The van der Waals surface area contributed by atoms with E-state index in [0.717, 1.165) is 17.4 Å². The van der Waals surface area contributed by atoms with E-state index in [4.69, 9.17) is 9.84 Å². The molecule has 9 heteroatoms. The average Bonchev–Trinajstić information content (AvgIpc) is 2.56. The predicted octanol–water partition coefficient (Wildman–Crippen LogP) is 0.550. The monoisotopic (exact) mass is 307 g/mol. The van der Waals surface area contributed by atoms with E-state index in [1.54, 1.807) is 20.8 Å². The van der Waals surface area contributed by atoms with Gasteiger partial charge >= 0.3 is 12.1 Å². The molecule has 1 N–H and O–H groups in total. The Morgan fingerprint density at radius 2 is 1.95 bits per heavy atom. The average molecular weight is 307 g/mol. The van der Waals surface area contributed by atoms with Gasteiger partial charge < -0.3 is 9.84 Å². The Hall–Kier alpha value is -1.61. The van der Waals surface area contributed by atoms with Gasteiger partial charge in [0.05, 0.1) is 18.4 Å². The van der Waals surface area contributed by atoms with Crippen molar-refractivity contribution in [1.82, 2.24) is 4.90 Å². The van der Waals surface area contributed by atoms with E-state index in [0.29, 0.717) is 0 Å². The van der Waals surface area contributed by atoms with Gasteiger partial charge in [0, 0.05) is 6.20 Å². The fraction of sp³-hybridized carbons (Fsp3) is 0.636. The second-order valence-electron chi connectivity index (χ2n) is 5.31. The van der Waals surface area contributed by atoms with Crippen LogP contribution in [0.25, 0.3) is 0 Å². The maximum Gasteiger partial charge on any atom is 0.414 e. The van der Waals surface area contributed by atoms with E-state index in [1.165, 1.54) is 0 Å². The van der Waals surface area contributed by atoms with E-state index >= 15 is 0 Å². The summed E-state index contributed by atoms with van der Waals surface area (Å²) in [6.07, 6.45) is -0.180. The lowest BCUT2D eigenvalue weighted by Gasteiger charge is -2.23. The third kappa shape index (κ3) is 4.82. The molecule has 1 atom stereocenters. The zero-order chi connectivity index (χ0) is 15.7. The lowest BCUT2D eigenvalue weighted by Crippen LogP contribution is -2.35. The van der Waals surface area contributed by atoms with Gasteiger partial charge in [-0.2, -0.15) is 8.42 Å². The predicted molar refractivity (Wildman–Crippen MR) is 68.4 cm³/mol. The molecule has 1 unspecified atom stereocenters. The summed E-state index contributed by atoms with van der Waals surface area (Å²) in [5.74, 6) is -1.36. The maximum absolute atomic E-state index is 11.8. The Morgan fingerprint density at radius 3 is 2.35 bits per heavy atom. The van der Waals surface area contributed by atoms with E-state index in [1.807, 2.05) is 0 Å². The summed E-state index contributed by atoms with van der Waals surface area (Å²) in [6.45, 7) is 4.75. The molecule has 8 nitrogen and oxygen atoms in total. The SMILES string of the molecule is CC(C)(C)OC(=O)N1C=C(C(=O)O)C(OS(C)(=O)=O)C1. The highest BCUT2D eigenvalue weighted by molar-refractivity contribution is 7.86. The summed E-state index contributed by atoms with van der Waals surface area (Å²) >= 11 is 0. The van der Waals surface area contributed by atoms with Crippen molar-refractivity contribution in [1.29, 1.82) is 0 Å². The normalized spacial score (nSPS) is 19.7. The summed E-state index contributed by atoms with van der Waals surface area (Å²) in [7, 11) is -3.84. The Kier molecular flexibility index (Phi) is 4.45. The minimum Gasteiger partial charge on any atom is -0.478 e. The number of hydrogen-bond donors (Lipinski definition) is 1. The van der Waals surface area contributed by atoms with E-state index in [-0.39, 0.29) is 12.1 Å². The standard InChI is InChI=1S/C11H17NO7S/c1-11(2,3)18-10(15)12-5-7(9(13)14)8(6-12)19-20(4,16)17/h5,8H,6H2,1-4H3,(H,13,14). The second kappa shape index (κ2) is 5.41. The largest absolute Gasteiger partial charge is 0.478 e. The van der Waals surface area contributed by atoms with Crippen LogP contribution in [0.1, 0.15) is 20.8 Å². The molecule has 0 spiro atoms. The molecule has 0 aromatic heterocycles. The minimum absolute atomic E-state index is 0.233. The van der Waals surface area contributed by atoms with Crippen LogP contribution < -0.4 is 0 Å². The number of carboxylic acids is 1. The molecule has 0 saturated carbocycles. The summed E-state index contributed by atoms with van der Waals surface area (Å²) in [5.41, 5.74) is -1.06. The summed E-state index contributed by atoms with van der Waals surface area (Å²) in [5, 5.41) is 8.99. The van der Waals surface area contributed by atoms with Crippen molar-refractivity contribution in [2.45, 2.75) is 32.5 Å². The molecule has 1 aliphatic heterocycles. The molecular formula is C11H17NO7S. The molecule has 0 saturated heterocycles. The first kappa shape index (κ1) is 16.4. The van der Waals surface area contributed by atoms with Gasteiger partial charge in [-0.1, -0.05) is 0 Å². The van der Waals surface area contributed by atoms with Crippen LogP contribution in [0.4, 0.5) is 4.79 Å². The number of ether oxygens (including phenoxy) is 1. The smallest absolute Gasteiger partial charge is 0.414 e. The highest BCUT2D eigenvalue weighted by Gasteiger charge is 2.36. The first-order valence-electron chi connectivity index (χ1n) is 5.72. The van der Waals surface area contributed by atoms with Crippen LogP contribution in [0.15, 0.2) is 11.8 Å². The van der Waals surface area contributed by atoms with Gasteiger partial charge in [0.25, 0.3) is 10.1 Å². The summed E-state index contributed by atoms with van der Waals surface area (Å²) < 4.78 is 31.9. The van der Waals surface area contributed by atoms with Crippen molar-refractivity contribution in [3.05, 3.63) is 11.8 Å². The van der Waals surface area contributed by atoms with Crippen molar-refractivity contribution in [2.24, 2.45) is 0 Å². The maximum atomic E-state index is 11.8. The zero-order valence-corrected chi connectivity index (χ0v) is 12.4. The number of rotatable bonds is 3. The number of nitrogens with zero attached hydrogens (tertiary/aromatic N) is 1. The van der Waals surface area contributed by atoms with Crippen LogP contribution in [-0.2, 0) is 23.8 Å². The van der Waals surface area contributed by atoms with Gasteiger partial charge in [-0.15, -0.1) is 0 Å². The van der Waals surface area contributed by atoms with Gasteiger partial charge in [0.2, 0.25) is 0 Å². The fourth-order valence-electron chi connectivity index (χ4n) is 1.51. The third-order valence-electron chi connectivity index (χ3n) is 2.17. The highest BCUT2D eigenvalue weighted by atomic mass is 32.2. The Labute approximate surface area is 117 Å². The van der Waals surface area contributed by atoms with Crippen LogP contribution in [0, 0.1) is 0 Å². The number of carboxylic acid groups (broad SMARTS) is 1. The quantitative estimate of drug-likeness (QED) is 0.758. The van der Waals surface area contributed by atoms with Gasteiger partial charge in [-0.05, 0) is 20.8 Å². The van der Waals surface area contributed by atoms with Crippen molar-refractivity contribution in [3.63, 3.8) is 0 Å². The van der Waals surface area contributed by atoms with Crippen LogP contribution >= 0.6 is 0 Å². The second-order valence-corrected chi connectivity index (χ2v) is 6.91. The molecular weight excluding hydrogens is 290 g/mol. The van der Waals surface area contributed by atoms with E-state index < -0.39 is 33.9 Å². The van der Waals surface area contributed by atoms with Crippen molar-refractivity contribution < 1.29 is 32.0 Å². The Bertz CT molecular complexity index is 544. The summed E-state index contributed by atoms with van der Waals surface area (Å²) in [4.78, 5) is 23.8. The van der Waals surface area contributed by atoms with Gasteiger partial charge in [0.15, 0.2) is 0 Å². The minimum atomic E-state index is -3.84. The number of amides is 1. The van der Waals surface area contributed by atoms with Crippen molar-refractivity contribution in [3.8, 4) is 0 Å². The molecule has 0 bridgehead atoms. The van der Waals surface area contributed by atoms with Crippen molar-refractivity contribution >= 4 is 22.2 Å². The highest BCUT2D eigenvalue weighted by Crippen LogP contribution is 2.22. The zero-order valence-electron chi connectivity index (χ0n) is 11.6. The van der Waals surface area contributed by atoms with Crippen LogP contribution in [0.2, 0.25) is 0 Å².